The fraction of sp³-hybridized carbons (Fsp3) is 0.105. The van der Waals surface area contributed by atoms with E-state index in [9.17, 15) is 14.7 Å². The van der Waals surface area contributed by atoms with Gasteiger partial charge in [-0.25, -0.2) is 4.99 Å². The van der Waals surface area contributed by atoms with Gasteiger partial charge in [0, 0.05) is 10.6 Å². The number of amidine groups is 1. The SMILES string of the molecule is COc1ccc(C=C2SC(=Nc3ccc(Cl)c(C(=O)[O-])c3)NC2=O)cc1C. The monoisotopic (exact) mass is 401 g/mol. The molecule has 1 saturated heterocycles. The van der Waals surface area contributed by atoms with Crippen LogP contribution < -0.4 is 15.2 Å². The van der Waals surface area contributed by atoms with Crippen molar-refractivity contribution in [3.05, 3.63) is 63.0 Å². The van der Waals surface area contributed by atoms with E-state index < -0.39 is 5.97 Å². The molecular formula is C19H14ClN2O4S-. The molecule has 0 aromatic heterocycles. The first-order chi connectivity index (χ1) is 12.9. The van der Waals surface area contributed by atoms with Crippen molar-refractivity contribution in [1.82, 2.24) is 5.32 Å². The largest absolute Gasteiger partial charge is 0.545 e. The Kier molecular flexibility index (Phi) is 5.53. The second-order valence-corrected chi connectivity index (χ2v) is 7.10. The number of aliphatic imine (C=N–C) groups is 1. The van der Waals surface area contributed by atoms with Gasteiger partial charge < -0.3 is 20.0 Å². The van der Waals surface area contributed by atoms with E-state index in [1.165, 1.54) is 23.9 Å². The number of halogens is 1. The predicted molar refractivity (Wildman–Crippen MR) is 104 cm³/mol. The quantitative estimate of drug-likeness (QED) is 0.795. The van der Waals surface area contributed by atoms with Crippen molar-refractivity contribution in [1.29, 1.82) is 0 Å². The number of methoxy groups -OCH3 is 1. The Balaban J connectivity index is 1.85. The van der Waals surface area contributed by atoms with Gasteiger partial charge in [0.15, 0.2) is 5.17 Å². The van der Waals surface area contributed by atoms with Gasteiger partial charge in [0.25, 0.3) is 5.91 Å². The van der Waals surface area contributed by atoms with Crippen LogP contribution in [0.5, 0.6) is 5.75 Å². The summed E-state index contributed by atoms with van der Waals surface area (Å²) < 4.78 is 5.23. The van der Waals surface area contributed by atoms with Crippen LogP contribution in [0, 0.1) is 6.92 Å². The lowest BCUT2D eigenvalue weighted by Crippen LogP contribution is -2.22. The summed E-state index contributed by atoms with van der Waals surface area (Å²) in [7, 11) is 1.60. The van der Waals surface area contributed by atoms with Crippen LogP contribution in [0.1, 0.15) is 21.5 Å². The van der Waals surface area contributed by atoms with Gasteiger partial charge in [-0.15, -0.1) is 0 Å². The molecule has 0 saturated carbocycles. The molecule has 2 aromatic rings. The highest BCUT2D eigenvalue weighted by atomic mass is 35.5. The van der Waals surface area contributed by atoms with Crippen LogP contribution in [0.3, 0.4) is 0 Å². The first-order valence-corrected chi connectivity index (χ1v) is 9.02. The van der Waals surface area contributed by atoms with Crippen LogP contribution >= 0.6 is 23.4 Å². The topological polar surface area (TPSA) is 90.8 Å². The van der Waals surface area contributed by atoms with E-state index in [2.05, 4.69) is 10.3 Å². The third kappa shape index (κ3) is 4.32. The zero-order chi connectivity index (χ0) is 19.6. The van der Waals surface area contributed by atoms with Crippen LogP contribution in [-0.4, -0.2) is 24.2 Å². The number of aromatic carboxylic acids is 1. The van der Waals surface area contributed by atoms with Gasteiger partial charge in [-0.1, -0.05) is 17.7 Å². The summed E-state index contributed by atoms with van der Waals surface area (Å²) in [6.45, 7) is 1.92. The number of aryl methyl sites for hydroxylation is 1. The zero-order valence-corrected chi connectivity index (χ0v) is 16.0. The number of amides is 1. The second-order valence-electron chi connectivity index (χ2n) is 5.66. The number of nitrogens with one attached hydrogen (secondary N) is 1. The predicted octanol–water partition coefficient (Wildman–Crippen LogP) is 2.91. The molecule has 1 N–H and O–H groups in total. The zero-order valence-electron chi connectivity index (χ0n) is 14.4. The summed E-state index contributed by atoms with van der Waals surface area (Å²) in [4.78, 5) is 28.0. The van der Waals surface area contributed by atoms with E-state index >= 15 is 0 Å². The van der Waals surface area contributed by atoms with Crippen LogP contribution in [0.2, 0.25) is 5.02 Å². The van der Waals surface area contributed by atoms with Gasteiger partial charge >= 0.3 is 0 Å². The van der Waals surface area contributed by atoms with E-state index in [1.807, 2.05) is 25.1 Å². The van der Waals surface area contributed by atoms with E-state index in [-0.39, 0.29) is 16.5 Å². The summed E-state index contributed by atoms with van der Waals surface area (Å²) in [6, 6.07) is 9.88. The number of carbonyl (C=O) groups excluding carboxylic acids is 2. The van der Waals surface area contributed by atoms with E-state index in [0.717, 1.165) is 16.9 Å². The summed E-state index contributed by atoms with van der Waals surface area (Å²) in [5, 5.41) is 14.1. The summed E-state index contributed by atoms with van der Waals surface area (Å²) in [6.07, 6.45) is 1.75. The van der Waals surface area contributed by atoms with E-state index in [1.54, 1.807) is 19.3 Å². The minimum atomic E-state index is -1.39. The van der Waals surface area contributed by atoms with Gasteiger partial charge in [-0.2, -0.15) is 0 Å². The van der Waals surface area contributed by atoms with Crippen LogP contribution in [0.25, 0.3) is 6.08 Å². The number of rotatable bonds is 4. The summed E-state index contributed by atoms with van der Waals surface area (Å²) >= 11 is 6.98. The second kappa shape index (κ2) is 7.85. The molecule has 1 heterocycles. The molecule has 0 aliphatic carbocycles. The van der Waals surface area contributed by atoms with Crippen molar-refractivity contribution in [2.24, 2.45) is 4.99 Å². The fourth-order valence-corrected chi connectivity index (χ4v) is 3.52. The number of benzene rings is 2. The fourth-order valence-electron chi connectivity index (χ4n) is 2.48. The number of hydrogen-bond acceptors (Lipinski definition) is 6. The van der Waals surface area contributed by atoms with Crippen LogP contribution in [-0.2, 0) is 4.79 Å². The number of nitrogens with zero attached hydrogens (tertiary/aromatic N) is 1. The Morgan fingerprint density at radius 2 is 2.07 bits per heavy atom. The number of thioether (sulfide) groups is 1. The van der Waals surface area contributed by atoms with Gasteiger partial charge in [0.1, 0.15) is 5.75 Å². The minimum Gasteiger partial charge on any atom is -0.545 e. The first-order valence-electron chi connectivity index (χ1n) is 7.82. The Hall–Kier alpha value is -2.77. The molecule has 0 unspecified atom stereocenters. The Labute approximate surface area is 164 Å². The third-order valence-corrected chi connectivity index (χ3v) is 5.01. The number of ether oxygens (including phenoxy) is 1. The lowest BCUT2D eigenvalue weighted by atomic mass is 10.1. The van der Waals surface area contributed by atoms with Gasteiger partial charge in [0.05, 0.1) is 23.7 Å². The van der Waals surface area contributed by atoms with Gasteiger partial charge in [0.2, 0.25) is 0 Å². The maximum atomic E-state index is 12.2. The molecule has 8 heteroatoms. The summed E-state index contributed by atoms with van der Waals surface area (Å²) in [5.41, 5.74) is 2.01. The van der Waals surface area contributed by atoms with E-state index in [4.69, 9.17) is 16.3 Å². The molecule has 0 radical (unpaired) electrons. The lowest BCUT2D eigenvalue weighted by molar-refractivity contribution is -0.255. The average Bonchev–Trinajstić information content (AvgIpc) is 2.95. The van der Waals surface area contributed by atoms with Crippen molar-refractivity contribution >= 4 is 52.2 Å². The molecule has 0 bridgehead atoms. The standard InChI is InChI=1S/C19H15ClN2O4S/c1-10-7-11(3-6-15(10)26-2)8-16-17(23)22-19(27-16)21-12-4-5-14(20)13(9-12)18(24)25/h3-9H,1-2H3,(H,24,25)(H,21,22,23)/p-1. The number of carboxylic acid groups (broad SMARTS) is 1. The molecule has 1 aliphatic rings. The number of carboxylic acids is 1. The molecule has 0 atom stereocenters. The smallest absolute Gasteiger partial charge is 0.264 e. The van der Waals surface area contributed by atoms with Crippen LogP contribution in [0.15, 0.2) is 46.3 Å². The van der Waals surface area contributed by atoms with Crippen molar-refractivity contribution in [2.45, 2.75) is 6.92 Å². The Morgan fingerprint density at radius 3 is 2.74 bits per heavy atom. The molecule has 2 aromatic carbocycles. The maximum absolute atomic E-state index is 12.2. The highest BCUT2D eigenvalue weighted by Gasteiger charge is 2.24. The van der Waals surface area contributed by atoms with Crippen molar-refractivity contribution in [3.63, 3.8) is 0 Å². The first kappa shape index (κ1) is 19.0. The minimum absolute atomic E-state index is 0.0671. The highest BCUT2D eigenvalue weighted by molar-refractivity contribution is 8.18. The van der Waals surface area contributed by atoms with Gasteiger partial charge in [-0.3, -0.25) is 4.79 Å². The highest BCUT2D eigenvalue weighted by Crippen LogP contribution is 2.30. The Morgan fingerprint density at radius 1 is 1.30 bits per heavy atom. The van der Waals surface area contributed by atoms with Crippen molar-refractivity contribution in [2.75, 3.05) is 7.11 Å². The number of carbonyl (C=O) groups is 2. The van der Waals surface area contributed by atoms with Crippen molar-refractivity contribution in [3.8, 4) is 5.75 Å². The maximum Gasteiger partial charge on any atom is 0.264 e. The normalized spacial score (nSPS) is 16.6. The molecule has 1 fully saturated rings. The van der Waals surface area contributed by atoms with Crippen molar-refractivity contribution < 1.29 is 19.4 Å². The molecule has 3 rings (SSSR count). The average molecular weight is 402 g/mol. The molecule has 0 spiro atoms. The molecular weight excluding hydrogens is 388 g/mol. The van der Waals surface area contributed by atoms with E-state index in [0.29, 0.717) is 15.8 Å². The van der Waals surface area contributed by atoms with Crippen LogP contribution in [0.4, 0.5) is 5.69 Å². The third-order valence-electron chi connectivity index (χ3n) is 3.77. The number of hydrogen-bond donors (Lipinski definition) is 1. The molecule has 6 nitrogen and oxygen atoms in total. The lowest BCUT2D eigenvalue weighted by Gasteiger charge is -2.06. The molecule has 1 amide bonds. The Bertz CT molecular complexity index is 1000. The molecule has 1 aliphatic heterocycles. The van der Waals surface area contributed by atoms with Gasteiger partial charge in [-0.05, 0) is 66.2 Å². The summed E-state index contributed by atoms with van der Waals surface area (Å²) in [5.74, 6) is -0.892. The molecule has 138 valence electrons. The molecule has 27 heavy (non-hydrogen) atoms.